The standard InChI is InChI=1S/C20H29N5O/c1-23-12-6-7-16(20(23)17-13-22-25(3)15-17)14-24(2)19(26)10-9-18-8-4-5-11-21-18/h4-5,8,11,13,15-16,20H,6-7,9-10,12,14H2,1-3H3/t16-,20+/m0/s1. The number of aryl methyl sites for hydroxylation is 2. The number of likely N-dealkylation sites (tertiary alicyclic amines) is 1. The van der Waals surface area contributed by atoms with Gasteiger partial charge in [0.1, 0.15) is 0 Å². The Bertz CT molecular complexity index is 714. The maximum absolute atomic E-state index is 12.6. The molecule has 3 rings (SSSR count). The van der Waals surface area contributed by atoms with Crippen LogP contribution in [0.25, 0.3) is 0 Å². The molecule has 0 bridgehead atoms. The lowest BCUT2D eigenvalue weighted by atomic mass is 9.85. The van der Waals surface area contributed by atoms with E-state index in [1.807, 2.05) is 48.1 Å². The van der Waals surface area contributed by atoms with Crippen molar-refractivity contribution < 1.29 is 4.79 Å². The maximum Gasteiger partial charge on any atom is 0.222 e. The molecule has 1 saturated heterocycles. The molecule has 2 aromatic rings. The summed E-state index contributed by atoms with van der Waals surface area (Å²) in [5, 5.41) is 4.34. The zero-order valence-electron chi connectivity index (χ0n) is 16.0. The Hall–Kier alpha value is -2.21. The molecule has 0 unspecified atom stereocenters. The molecule has 6 nitrogen and oxygen atoms in total. The third-order valence-electron chi connectivity index (χ3n) is 5.33. The molecule has 6 heteroatoms. The maximum atomic E-state index is 12.6. The molecule has 26 heavy (non-hydrogen) atoms. The minimum atomic E-state index is 0.189. The van der Waals surface area contributed by atoms with Crippen molar-refractivity contribution in [1.29, 1.82) is 0 Å². The highest BCUT2D eigenvalue weighted by molar-refractivity contribution is 5.76. The second-order valence-electron chi connectivity index (χ2n) is 7.37. The highest BCUT2D eigenvalue weighted by Gasteiger charge is 2.32. The molecule has 1 amide bonds. The predicted octanol–water partition coefficient (Wildman–Crippen LogP) is 2.29. The van der Waals surface area contributed by atoms with Gasteiger partial charge in [-0.05, 0) is 50.9 Å². The Morgan fingerprint density at radius 3 is 2.88 bits per heavy atom. The van der Waals surface area contributed by atoms with Crippen molar-refractivity contribution in [3.63, 3.8) is 0 Å². The van der Waals surface area contributed by atoms with E-state index in [1.165, 1.54) is 12.0 Å². The summed E-state index contributed by atoms with van der Waals surface area (Å²) >= 11 is 0. The van der Waals surface area contributed by atoms with E-state index in [2.05, 4.69) is 28.2 Å². The summed E-state index contributed by atoms with van der Waals surface area (Å²) in [6.45, 7) is 1.87. The van der Waals surface area contributed by atoms with Crippen LogP contribution < -0.4 is 0 Å². The Morgan fingerprint density at radius 2 is 2.19 bits per heavy atom. The van der Waals surface area contributed by atoms with Crippen LogP contribution in [0, 0.1) is 5.92 Å². The van der Waals surface area contributed by atoms with Gasteiger partial charge < -0.3 is 4.90 Å². The molecule has 0 spiro atoms. The molecule has 1 aliphatic rings. The average molecular weight is 355 g/mol. The number of carbonyl (C=O) groups is 1. The summed E-state index contributed by atoms with van der Waals surface area (Å²) in [6.07, 6.45) is 9.36. The van der Waals surface area contributed by atoms with E-state index in [1.54, 1.807) is 6.20 Å². The first-order valence-corrected chi connectivity index (χ1v) is 9.37. The zero-order valence-corrected chi connectivity index (χ0v) is 16.0. The van der Waals surface area contributed by atoms with Gasteiger partial charge in [-0.3, -0.25) is 19.4 Å². The van der Waals surface area contributed by atoms with Gasteiger partial charge in [-0.1, -0.05) is 6.07 Å². The van der Waals surface area contributed by atoms with Crippen molar-refractivity contribution in [1.82, 2.24) is 24.6 Å². The van der Waals surface area contributed by atoms with Gasteiger partial charge in [0.15, 0.2) is 0 Å². The van der Waals surface area contributed by atoms with Gasteiger partial charge in [0.25, 0.3) is 0 Å². The lowest BCUT2D eigenvalue weighted by Gasteiger charge is -2.40. The fourth-order valence-electron chi connectivity index (χ4n) is 4.00. The van der Waals surface area contributed by atoms with Crippen molar-refractivity contribution in [2.24, 2.45) is 13.0 Å². The molecule has 1 aliphatic heterocycles. The summed E-state index contributed by atoms with van der Waals surface area (Å²) in [6, 6.07) is 6.16. The fourth-order valence-corrected chi connectivity index (χ4v) is 4.00. The van der Waals surface area contributed by atoms with Crippen LogP contribution in [-0.2, 0) is 18.3 Å². The molecule has 140 valence electrons. The number of amides is 1. The predicted molar refractivity (Wildman–Crippen MR) is 101 cm³/mol. The number of hydrogen-bond acceptors (Lipinski definition) is 4. The van der Waals surface area contributed by atoms with Gasteiger partial charge in [-0.15, -0.1) is 0 Å². The molecular weight excluding hydrogens is 326 g/mol. The second-order valence-corrected chi connectivity index (χ2v) is 7.37. The Kier molecular flexibility index (Phi) is 6.04. The van der Waals surface area contributed by atoms with Gasteiger partial charge in [0.2, 0.25) is 5.91 Å². The van der Waals surface area contributed by atoms with Crippen molar-refractivity contribution in [2.75, 3.05) is 27.2 Å². The molecular formula is C20H29N5O. The van der Waals surface area contributed by atoms with Crippen LogP contribution in [0.4, 0.5) is 0 Å². The average Bonchev–Trinajstić information content (AvgIpc) is 3.06. The number of nitrogens with zero attached hydrogens (tertiary/aromatic N) is 5. The van der Waals surface area contributed by atoms with Crippen molar-refractivity contribution in [3.05, 3.63) is 48.0 Å². The van der Waals surface area contributed by atoms with Crippen molar-refractivity contribution in [3.8, 4) is 0 Å². The number of pyridine rings is 1. The molecule has 1 fully saturated rings. The van der Waals surface area contributed by atoms with Crippen LogP contribution in [0.1, 0.15) is 36.6 Å². The van der Waals surface area contributed by atoms with E-state index in [0.717, 1.165) is 25.2 Å². The molecule has 0 aromatic carbocycles. The normalized spacial score (nSPS) is 20.9. The second kappa shape index (κ2) is 8.45. The number of hydrogen-bond donors (Lipinski definition) is 0. The molecule has 2 atom stereocenters. The smallest absolute Gasteiger partial charge is 0.222 e. The van der Waals surface area contributed by atoms with E-state index in [9.17, 15) is 4.79 Å². The Labute approximate surface area is 155 Å². The summed E-state index contributed by atoms with van der Waals surface area (Å²) in [5.41, 5.74) is 2.22. The van der Waals surface area contributed by atoms with Crippen molar-refractivity contribution >= 4 is 5.91 Å². The van der Waals surface area contributed by atoms with Crippen LogP contribution in [0.2, 0.25) is 0 Å². The van der Waals surface area contributed by atoms with Crippen LogP contribution in [0.15, 0.2) is 36.8 Å². The first kappa shape index (κ1) is 18.6. The topological polar surface area (TPSA) is 54.3 Å². The molecule has 0 radical (unpaired) electrons. The zero-order chi connectivity index (χ0) is 18.5. The first-order valence-electron chi connectivity index (χ1n) is 9.37. The van der Waals surface area contributed by atoms with E-state index >= 15 is 0 Å². The fraction of sp³-hybridized carbons (Fsp3) is 0.550. The van der Waals surface area contributed by atoms with Crippen LogP contribution in [-0.4, -0.2) is 57.7 Å². The van der Waals surface area contributed by atoms with Crippen LogP contribution >= 0.6 is 0 Å². The quantitative estimate of drug-likeness (QED) is 0.798. The van der Waals surface area contributed by atoms with E-state index in [-0.39, 0.29) is 5.91 Å². The highest BCUT2D eigenvalue weighted by atomic mass is 16.2. The van der Waals surface area contributed by atoms with Gasteiger partial charge in [-0.25, -0.2) is 0 Å². The van der Waals surface area contributed by atoms with Crippen LogP contribution in [0.3, 0.4) is 0 Å². The van der Waals surface area contributed by atoms with Gasteiger partial charge in [0.05, 0.1) is 6.20 Å². The monoisotopic (exact) mass is 355 g/mol. The summed E-state index contributed by atoms with van der Waals surface area (Å²) in [7, 11) is 6.05. The molecule has 0 N–H and O–H groups in total. The lowest BCUT2D eigenvalue weighted by molar-refractivity contribution is -0.131. The number of piperidine rings is 1. The largest absolute Gasteiger partial charge is 0.345 e. The van der Waals surface area contributed by atoms with Crippen LogP contribution in [0.5, 0.6) is 0 Å². The number of carbonyl (C=O) groups excluding carboxylic acids is 1. The molecule has 0 saturated carbocycles. The van der Waals surface area contributed by atoms with E-state index < -0.39 is 0 Å². The lowest BCUT2D eigenvalue weighted by Crippen LogP contribution is -2.42. The SMILES string of the molecule is CN(C[C@@H]1CCCN(C)[C@H]1c1cnn(C)c1)C(=O)CCc1ccccn1. The Morgan fingerprint density at radius 1 is 1.35 bits per heavy atom. The first-order chi connectivity index (χ1) is 12.5. The third kappa shape index (κ3) is 4.49. The van der Waals surface area contributed by atoms with E-state index in [0.29, 0.717) is 24.8 Å². The third-order valence-corrected chi connectivity index (χ3v) is 5.33. The molecule has 2 aromatic heterocycles. The Balaban J connectivity index is 1.60. The minimum Gasteiger partial charge on any atom is -0.345 e. The van der Waals surface area contributed by atoms with Gasteiger partial charge >= 0.3 is 0 Å². The van der Waals surface area contributed by atoms with Gasteiger partial charge in [0, 0.05) is 56.8 Å². The van der Waals surface area contributed by atoms with Gasteiger partial charge in [-0.2, -0.15) is 5.10 Å². The summed E-state index contributed by atoms with van der Waals surface area (Å²) < 4.78 is 1.86. The van der Waals surface area contributed by atoms with Crippen molar-refractivity contribution in [2.45, 2.75) is 31.7 Å². The summed E-state index contributed by atoms with van der Waals surface area (Å²) in [4.78, 5) is 21.2. The summed E-state index contributed by atoms with van der Waals surface area (Å²) in [5.74, 6) is 0.621. The minimum absolute atomic E-state index is 0.189. The molecule has 3 heterocycles. The van der Waals surface area contributed by atoms with E-state index in [4.69, 9.17) is 0 Å². The molecule has 0 aliphatic carbocycles. The number of rotatable bonds is 6. The highest BCUT2D eigenvalue weighted by Crippen LogP contribution is 2.35. The number of aromatic nitrogens is 3.